The van der Waals surface area contributed by atoms with Crippen LogP contribution < -0.4 is 0 Å². The van der Waals surface area contributed by atoms with Gasteiger partial charge in [-0.3, -0.25) is 9.88 Å². The first-order valence-corrected chi connectivity index (χ1v) is 13.4. The molecule has 2 aliphatic heterocycles. The minimum absolute atomic E-state index is 0.359. The Balaban J connectivity index is 0.000000430. The summed E-state index contributed by atoms with van der Waals surface area (Å²) in [4.78, 5) is 36.0. The van der Waals surface area contributed by atoms with Gasteiger partial charge < -0.3 is 29.4 Å². The molecule has 11 nitrogen and oxygen atoms in total. The summed E-state index contributed by atoms with van der Waals surface area (Å²) in [5, 5.41) is 21.4. The molecule has 0 amide bonds. The number of likely N-dealkylation sites (tertiary alicyclic amines) is 2. The van der Waals surface area contributed by atoms with E-state index in [1.54, 1.807) is 12.5 Å². The van der Waals surface area contributed by atoms with Crippen molar-refractivity contribution in [3.63, 3.8) is 0 Å². The van der Waals surface area contributed by atoms with Gasteiger partial charge in [0.1, 0.15) is 5.76 Å². The first-order valence-electron chi connectivity index (χ1n) is 13.4. The molecule has 4 heterocycles. The van der Waals surface area contributed by atoms with Crippen molar-refractivity contribution in [2.75, 3.05) is 39.3 Å². The molecule has 2 saturated heterocycles. The summed E-state index contributed by atoms with van der Waals surface area (Å²) in [7, 11) is 0. The summed E-state index contributed by atoms with van der Waals surface area (Å²) >= 11 is 0. The third-order valence-corrected chi connectivity index (χ3v) is 6.79. The molecule has 0 aliphatic carbocycles. The van der Waals surface area contributed by atoms with Gasteiger partial charge in [0.2, 0.25) is 0 Å². The molecule has 2 aromatic heterocycles. The molecule has 0 bridgehead atoms. The van der Waals surface area contributed by atoms with E-state index in [-0.39, 0.29) is 0 Å². The number of pyridine rings is 1. The lowest BCUT2D eigenvalue weighted by atomic mass is 9.77. The van der Waals surface area contributed by atoms with E-state index in [4.69, 9.17) is 38.9 Å². The fourth-order valence-electron chi connectivity index (χ4n) is 4.62. The van der Waals surface area contributed by atoms with Gasteiger partial charge in [-0.2, -0.15) is 39.5 Å². The summed E-state index contributed by atoms with van der Waals surface area (Å²) in [5.41, 5.74) is 1.51. The summed E-state index contributed by atoms with van der Waals surface area (Å²) in [6, 6.07) is 8.10. The summed E-state index contributed by atoms with van der Waals surface area (Å²) in [6.45, 7) is 10.4. The Bertz CT molecular complexity index is 1190. The van der Waals surface area contributed by atoms with E-state index in [1.807, 2.05) is 18.3 Å². The van der Waals surface area contributed by atoms with Crippen LogP contribution in [0.2, 0.25) is 0 Å². The van der Waals surface area contributed by atoms with Crippen molar-refractivity contribution in [3.05, 3.63) is 54.2 Å². The lowest BCUT2D eigenvalue weighted by Crippen LogP contribution is -2.36. The quantitative estimate of drug-likeness (QED) is 0.338. The zero-order valence-corrected chi connectivity index (χ0v) is 24.6. The molecule has 0 saturated carbocycles. The molecule has 1 spiro atoms. The van der Waals surface area contributed by atoms with Gasteiger partial charge in [0, 0.05) is 43.4 Å². The highest BCUT2D eigenvalue weighted by Gasteiger charge is 2.50. The number of ether oxygens (including phenoxy) is 1. The Morgan fingerprint density at radius 3 is 1.87 bits per heavy atom. The van der Waals surface area contributed by atoms with Crippen LogP contribution >= 0.6 is 0 Å². The maximum Gasteiger partial charge on any atom is 0.490 e. The fraction of sp³-hybridized carbons (Fsp3) is 0.556. The molecule has 0 radical (unpaired) electrons. The van der Waals surface area contributed by atoms with Crippen LogP contribution in [0.3, 0.4) is 0 Å². The molecule has 2 fully saturated rings. The first-order chi connectivity index (χ1) is 21.6. The number of hydrogen-bond acceptors (Lipinski definition) is 8. The molecule has 2 aliphatic rings. The molecule has 20 heteroatoms. The second-order valence-electron chi connectivity index (χ2n) is 10.2. The number of nitrogens with zero attached hydrogens (tertiary/aromatic N) is 3. The summed E-state index contributed by atoms with van der Waals surface area (Å²) in [6.07, 6.45) is -8.53. The predicted octanol–water partition coefficient (Wildman–Crippen LogP) is 4.94. The molecule has 0 unspecified atom stereocenters. The van der Waals surface area contributed by atoms with Crippen LogP contribution in [0.4, 0.5) is 39.5 Å². The van der Waals surface area contributed by atoms with Crippen molar-refractivity contribution in [1.82, 2.24) is 14.8 Å². The molecule has 266 valence electrons. The van der Waals surface area contributed by atoms with Gasteiger partial charge in [0.25, 0.3) is 0 Å². The number of carboxylic acids is 3. The number of carbonyl (C=O) groups is 3. The van der Waals surface area contributed by atoms with Gasteiger partial charge in [-0.05, 0) is 43.3 Å². The maximum absolute atomic E-state index is 10.6. The third-order valence-electron chi connectivity index (χ3n) is 6.79. The highest BCUT2D eigenvalue weighted by molar-refractivity contribution is 5.73. The standard InChI is InChI=1S/C21H29N3O2.3C2HF3O2/c1-2-23-12-19(15-25-14-18-5-3-8-22-11-18)21(16-23)7-9-24(17-21)13-20-6-4-10-26-20;3*3-2(4,5)1(6)7/h3-6,8,10-11,19H,2,7,9,12-17H2,1H3;3*(H,6,7)/t19-,21+;;;/m0.../s1. The highest BCUT2D eigenvalue weighted by atomic mass is 19.4. The van der Waals surface area contributed by atoms with Crippen molar-refractivity contribution in [1.29, 1.82) is 0 Å². The Morgan fingerprint density at radius 1 is 0.915 bits per heavy atom. The lowest BCUT2D eigenvalue weighted by molar-refractivity contribution is -0.193. The fourth-order valence-corrected chi connectivity index (χ4v) is 4.62. The molecule has 4 rings (SSSR count). The molecule has 2 atom stereocenters. The monoisotopic (exact) mass is 697 g/mol. The van der Waals surface area contributed by atoms with Crippen LogP contribution in [0.1, 0.15) is 24.7 Å². The van der Waals surface area contributed by atoms with Crippen molar-refractivity contribution >= 4 is 17.9 Å². The summed E-state index contributed by atoms with van der Waals surface area (Å²) in [5.74, 6) is -6.61. The SMILES string of the molecule is CCN1C[C@@H](COCc2cccnc2)[C@]2(CCN(Cc3ccco3)C2)C1.O=C(O)C(F)(F)F.O=C(O)C(F)(F)F.O=C(O)C(F)(F)F. The molecule has 2 aromatic rings. The van der Waals surface area contributed by atoms with Crippen LogP contribution in [0.5, 0.6) is 0 Å². The van der Waals surface area contributed by atoms with Crippen molar-refractivity contribution in [2.45, 2.75) is 45.0 Å². The van der Waals surface area contributed by atoms with E-state index in [2.05, 4.69) is 33.8 Å². The second kappa shape index (κ2) is 17.9. The molecule has 0 aromatic carbocycles. The minimum atomic E-state index is -5.08. The number of alkyl halides is 9. The van der Waals surface area contributed by atoms with E-state index < -0.39 is 36.4 Å². The molecular formula is C27H32F9N3O8. The zero-order chi connectivity index (χ0) is 36.1. The number of aliphatic carboxylic acids is 3. The Labute approximate surface area is 261 Å². The van der Waals surface area contributed by atoms with E-state index in [9.17, 15) is 39.5 Å². The molecule has 47 heavy (non-hydrogen) atoms. The summed E-state index contributed by atoms with van der Waals surface area (Å²) < 4.78 is 107. The van der Waals surface area contributed by atoms with Crippen LogP contribution in [-0.2, 0) is 32.3 Å². The average Bonchev–Trinajstić information content (AvgIpc) is 3.70. The first kappa shape index (κ1) is 41.1. The van der Waals surface area contributed by atoms with Gasteiger partial charge in [-0.15, -0.1) is 0 Å². The number of hydrogen-bond donors (Lipinski definition) is 3. The van der Waals surface area contributed by atoms with Gasteiger partial charge >= 0.3 is 36.4 Å². The van der Waals surface area contributed by atoms with Crippen molar-refractivity contribution < 1.29 is 78.4 Å². The lowest BCUT2D eigenvalue weighted by Gasteiger charge is -2.30. The van der Waals surface area contributed by atoms with Crippen LogP contribution in [0, 0.1) is 11.3 Å². The molecular weight excluding hydrogens is 665 g/mol. The smallest absolute Gasteiger partial charge is 0.475 e. The van der Waals surface area contributed by atoms with E-state index in [1.165, 1.54) is 13.0 Å². The van der Waals surface area contributed by atoms with Crippen molar-refractivity contribution in [3.8, 4) is 0 Å². The van der Waals surface area contributed by atoms with Gasteiger partial charge in [0.05, 0.1) is 26.0 Å². The van der Waals surface area contributed by atoms with Gasteiger partial charge in [-0.25, -0.2) is 14.4 Å². The van der Waals surface area contributed by atoms with Crippen LogP contribution in [-0.4, -0.2) is 106 Å². The van der Waals surface area contributed by atoms with Crippen molar-refractivity contribution in [2.24, 2.45) is 11.3 Å². The van der Waals surface area contributed by atoms with E-state index >= 15 is 0 Å². The Morgan fingerprint density at radius 2 is 1.45 bits per heavy atom. The number of carboxylic acid groups (broad SMARTS) is 3. The highest BCUT2D eigenvalue weighted by Crippen LogP contribution is 2.44. The van der Waals surface area contributed by atoms with Crippen LogP contribution in [0.25, 0.3) is 0 Å². The Kier molecular flexibility index (Phi) is 15.6. The topological polar surface area (TPSA) is 154 Å². The molecule has 3 N–H and O–H groups in total. The average molecular weight is 698 g/mol. The number of rotatable bonds is 7. The largest absolute Gasteiger partial charge is 0.490 e. The zero-order valence-electron chi connectivity index (χ0n) is 24.6. The minimum Gasteiger partial charge on any atom is -0.475 e. The van der Waals surface area contributed by atoms with Gasteiger partial charge in [0.15, 0.2) is 0 Å². The number of furan rings is 1. The second-order valence-corrected chi connectivity index (χ2v) is 10.2. The maximum atomic E-state index is 10.6. The third kappa shape index (κ3) is 15.0. The number of aromatic nitrogens is 1. The number of halogens is 9. The Hall–Kier alpha value is -3.91. The van der Waals surface area contributed by atoms with E-state index in [0.717, 1.165) is 50.7 Å². The normalized spacial score (nSPS) is 19.9. The van der Waals surface area contributed by atoms with Gasteiger partial charge in [-0.1, -0.05) is 13.0 Å². The van der Waals surface area contributed by atoms with E-state index in [0.29, 0.717) is 17.9 Å². The van der Waals surface area contributed by atoms with Crippen LogP contribution in [0.15, 0.2) is 47.3 Å². The predicted molar refractivity (Wildman–Crippen MR) is 142 cm³/mol.